The van der Waals surface area contributed by atoms with Crippen LogP contribution in [-0.4, -0.2) is 41.4 Å². The zero-order valence-corrected chi connectivity index (χ0v) is 14.9. The van der Waals surface area contributed by atoms with Crippen LogP contribution < -0.4 is 5.32 Å². The van der Waals surface area contributed by atoms with Crippen LogP contribution in [-0.2, 0) is 6.42 Å². The number of hydrogen-bond acceptors (Lipinski definition) is 3. The number of fused-ring (bicyclic) bond motifs is 1. The molecule has 0 spiro atoms. The molecular formula is C20H28N4. The highest BCUT2D eigenvalue weighted by Crippen LogP contribution is 2.36. The third-order valence-corrected chi connectivity index (χ3v) is 5.61. The fourth-order valence-corrected chi connectivity index (χ4v) is 4.11. The fraction of sp³-hybridized carbons (Fsp3) is 0.550. The third-order valence-electron chi connectivity index (χ3n) is 5.61. The molecule has 2 aliphatic heterocycles. The van der Waals surface area contributed by atoms with Gasteiger partial charge in [0.2, 0.25) is 0 Å². The number of anilines is 1. The van der Waals surface area contributed by atoms with Crippen LogP contribution in [0.25, 0.3) is 5.69 Å². The Labute approximate surface area is 144 Å². The third kappa shape index (κ3) is 2.84. The molecule has 0 bridgehead atoms. The van der Waals surface area contributed by atoms with Gasteiger partial charge in [-0.3, -0.25) is 0 Å². The Morgan fingerprint density at radius 3 is 2.71 bits per heavy atom. The molecule has 1 aromatic heterocycles. The zero-order valence-electron chi connectivity index (χ0n) is 14.9. The summed E-state index contributed by atoms with van der Waals surface area (Å²) in [7, 11) is 2.23. The van der Waals surface area contributed by atoms with Crippen molar-refractivity contribution in [2.75, 3.05) is 32.0 Å². The van der Waals surface area contributed by atoms with Crippen LogP contribution in [0.2, 0.25) is 0 Å². The van der Waals surface area contributed by atoms with Crippen molar-refractivity contribution in [1.29, 1.82) is 0 Å². The maximum atomic E-state index is 5.15. The van der Waals surface area contributed by atoms with Crippen LogP contribution in [0.4, 0.5) is 5.82 Å². The van der Waals surface area contributed by atoms with Gasteiger partial charge < -0.3 is 10.2 Å². The topological polar surface area (TPSA) is 33.1 Å². The number of piperidine rings is 1. The van der Waals surface area contributed by atoms with Gasteiger partial charge in [0.15, 0.2) is 0 Å². The number of hydrogen-bond donors (Lipinski definition) is 1. The van der Waals surface area contributed by atoms with Gasteiger partial charge in [-0.25, -0.2) is 4.68 Å². The van der Waals surface area contributed by atoms with Crippen LogP contribution in [0.15, 0.2) is 24.3 Å². The quantitative estimate of drug-likeness (QED) is 0.913. The maximum absolute atomic E-state index is 5.15. The molecule has 4 heteroatoms. The van der Waals surface area contributed by atoms with Crippen LogP contribution in [0, 0.1) is 6.92 Å². The predicted molar refractivity (Wildman–Crippen MR) is 99.2 cm³/mol. The first-order valence-corrected chi connectivity index (χ1v) is 9.34. The summed E-state index contributed by atoms with van der Waals surface area (Å²) >= 11 is 0. The Morgan fingerprint density at radius 2 is 1.92 bits per heavy atom. The Hall–Kier alpha value is -1.81. The van der Waals surface area contributed by atoms with Gasteiger partial charge in [-0.1, -0.05) is 18.2 Å². The summed E-state index contributed by atoms with van der Waals surface area (Å²) in [6.07, 6.45) is 6.13. The van der Waals surface area contributed by atoms with E-state index in [9.17, 15) is 0 Å². The van der Waals surface area contributed by atoms with E-state index < -0.39 is 0 Å². The number of likely N-dealkylation sites (tertiary alicyclic amines) is 1. The first-order valence-electron chi connectivity index (χ1n) is 9.34. The lowest BCUT2D eigenvalue weighted by atomic mass is 9.90. The molecule has 128 valence electrons. The average molecular weight is 324 g/mol. The van der Waals surface area contributed by atoms with E-state index in [0.717, 1.165) is 13.0 Å². The summed E-state index contributed by atoms with van der Waals surface area (Å²) < 4.78 is 2.18. The molecule has 4 rings (SSSR count). The van der Waals surface area contributed by atoms with Gasteiger partial charge in [0.25, 0.3) is 0 Å². The molecule has 3 heterocycles. The molecule has 1 fully saturated rings. The number of nitrogens with zero attached hydrogens (tertiary/aromatic N) is 3. The number of aromatic nitrogens is 2. The SMILES string of the molecule is Cc1ccccc1-n1nc(C2CCN(C)CC2)c2c1NCCCC2. The molecule has 0 amide bonds. The van der Waals surface area contributed by atoms with Crippen molar-refractivity contribution < 1.29 is 0 Å². The highest BCUT2D eigenvalue weighted by atomic mass is 15.3. The van der Waals surface area contributed by atoms with Gasteiger partial charge in [-0.2, -0.15) is 5.10 Å². The number of rotatable bonds is 2. The maximum Gasteiger partial charge on any atom is 0.133 e. The molecule has 0 atom stereocenters. The lowest BCUT2D eigenvalue weighted by Crippen LogP contribution is -2.29. The molecule has 0 radical (unpaired) electrons. The second-order valence-electron chi connectivity index (χ2n) is 7.37. The molecule has 24 heavy (non-hydrogen) atoms. The molecule has 0 saturated carbocycles. The summed E-state index contributed by atoms with van der Waals surface area (Å²) in [5, 5.41) is 8.83. The minimum absolute atomic E-state index is 0.611. The van der Waals surface area contributed by atoms with Gasteiger partial charge in [0, 0.05) is 18.0 Å². The van der Waals surface area contributed by atoms with E-state index in [-0.39, 0.29) is 0 Å². The zero-order chi connectivity index (χ0) is 16.5. The first-order chi connectivity index (χ1) is 11.7. The van der Waals surface area contributed by atoms with E-state index in [1.165, 1.54) is 67.1 Å². The molecule has 0 unspecified atom stereocenters. The molecule has 4 nitrogen and oxygen atoms in total. The van der Waals surface area contributed by atoms with Crippen LogP contribution >= 0.6 is 0 Å². The van der Waals surface area contributed by atoms with Crippen molar-refractivity contribution in [3.05, 3.63) is 41.1 Å². The van der Waals surface area contributed by atoms with E-state index in [4.69, 9.17) is 5.10 Å². The van der Waals surface area contributed by atoms with Crippen molar-refractivity contribution in [1.82, 2.24) is 14.7 Å². The molecule has 2 aliphatic rings. The normalized spacial score (nSPS) is 19.6. The summed E-state index contributed by atoms with van der Waals surface area (Å²) in [4.78, 5) is 2.44. The first kappa shape index (κ1) is 15.7. The monoisotopic (exact) mass is 324 g/mol. The van der Waals surface area contributed by atoms with E-state index in [1.54, 1.807) is 0 Å². The van der Waals surface area contributed by atoms with E-state index in [1.807, 2.05) is 0 Å². The minimum atomic E-state index is 0.611. The average Bonchev–Trinajstić information content (AvgIpc) is 2.78. The highest BCUT2D eigenvalue weighted by Gasteiger charge is 2.28. The smallest absolute Gasteiger partial charge is 0.133 e. The molecule has 1 N–H and O–H groups in total. The molecule has 0 aliphatic carbocycles. The van der Waals surface area contributed by atoms with Crippen molar-refractivity contribution in [2.45, 2.75) is 44.9 Å². The van der Waals surface area contributed by atoms with Gasteiger partial charge >= 0.3 is 0 Å². The van der Waals surface area contributed by atoms with Crippen molar-refractivity contribution >= 4 is 5.82 Å². The minimum Gasteiger partial charge on any atom is -0.370 e. The second-order valence-corrected chi connectivity index (χ2v) is 7.37. The van der Waals surface area contributed by atoms with Gasteiger partial charge in [-0.05, 0) is 70.8 Å². The number of nitrogens with one attached hydrogen (secondary N) is 1. The molecule has 1 aromatic carbocycles. The van der Waals surface area contributed by atoms with Crippen LogP contribution in [0.5, 0.6) is 0 Å². The number of benzene rings is 1. The second kappa shape index (κ2) is 6.60. The lowest BCUT2D eigenvalue weighted by Gasteiger charge is -2.28. The summed E-state index contributed by atoms with van der Waals surface area (Å²) in [6.45, 7) is 5.60. The Bertz CT molecular complexity index is 710. The molecular weight excluding hydrogens is 296 g/mol. The van der Waals surface area contributed by atoms with Crippen LogP contribution in [0.3, 0.4) is 0 Å². The highest BCUT2D eigenvalue weighted by molar-refractivity contribution is 5.56. The van der Waals surface area contributed by atoms with E-state index in [2.05, 4.69) is 53.1 Å². The van der Waals surface area contributed by atoms with Crippen LogP contribution in [0.1, 0.15) is 48.4 Å². The number of para-hydroxylation sites is 1. The lowest BCUT2D eigenvalue weighted by molar-refractivity contribution is 0.252. The van der Waals surface area contributed by atoms with Gasteiger partial charge in [0.05, 0.1) is 11.4 Å². The Kier molecular flexibility index (Phi) is 4.31. The standard InChI is InChI=1S/C20H28N4/c1-15-7-3-4-9-18(15)24-20-17(8-5-6-12-21-20)19(22-24)16-10-13-23(2)14-11-16/h3-4,7,9,16,21H,5-6,8,10-14H2,1-2H3. The van der Waals surface area contributed by atoms with E-state index in [0.29, 0.717) is 5.92 Å². The fourth-order valence-electron chi connectivity index (χ4n) is 4.11. The summed E-state index contributed by atoms with van der Waals surface area (Å²) in [6, 6.07) is 8.58. The Balaban J connectivity index is 1.79. The van der Waals surface area contributed by atoms with E-state index >= 15 is 0 Å². The van der Waals surface area contributed by atoms with Gasteiger partial charge in [-0.15, -0.1) is 0 Å². The number of aryl methyl sites for hydroxylation is 1. The van der Waals surface area contributed by atoms with Crippen molar-refractivity contribution in [3.8, 4) is 5.69 Å². The van der Waals surface area contributed by atoms with Crippen molar-refractivity contribution in [3.63, 3.8) is 0 Å². The van der Waals surface area contributed by atoms with Gasteiger partial charge in [0.1, 0.15) is 5.82 Å². The summed E-state index contributed by atoms with van der Waals surface area (Å²) in [5.74, 6) is 1.86. The largest absolute Gasteiger partial charge is 0.370 e. The molecule has 1 saturated heterocycles. The predicted octanol–water partition coefficient (Wildman–Crippen LogP) is 3.74. The molecule has 2 aromatic rings. The van der Waals surface area contributed by atoms with Crippen molar-refractivity contribution in [2.24, 2.45) is 0 Å². The summed E-state index contributed by atoms with van der Waals surface area (Å²) in [5.41, 5.74) is 5.33. The Morgan fingerprint density at radius 1 is 1.12 bits per heavy atom.